The van der Waals surface area contributed by atoms with Crippen molar-refractivity contribution in [3.63, 3.8) is 0 Å². The number of benzene rings is 2. The van der Waals surface area contributed by atoms with Crippen LogP contribution in [0.3, 0.4) is 0 Å². The molecule has 1 saturated heterocycles. The molecular formula is C25H21NO9. The first-order valence-electron chi connectivity index (χ1n) is 11.1. The number of hydrogen-bond acceptors (Lipinski definition) is 9. The van der Waals surface area contributed by atoms with E-state index in [0.717, 1.165) is 6.42 Å². The maximum atomic E-state index is 13.3. The average Bonchev–Trinajstić information content (AvgIpc) is 3.02. The van der Waals surface area contributed by atoms with Gasteiger partial charge in [0.2, 0.25) is 5.43 Å². The fourth-order valence-corrected chi connectivity index (χ4v) is 3.96. The third-order valence-electron chi connectivity index (χ3n) is 5.63. The highest BCUT2D eigenvalue weighted by molar-refractivity contribution is 6.01. The number of imide groups is 1. The molecule has 0 saturated carbocycles. The second-order valence-electron chi connectivity index (χ2n) is 8.07. The minimum Gasteiger partial charge on any atom is -0.490 e. The van der Waals surface area contributed by atoms with Gasteiger partial charge in [0.15, 0.2) is 18.1 Å². The van der Waals surface area contributed by atoms with Gasteiger partial charge in [-0.15, -0.1) is 5.06 Å². The van der Waals surface area contributed by atoms with Gasteiger partial charge in [0, 0.05) is 25.3 Å². The molecule has 2 aromatic carbocycles. The molecule has 1 aromatic heterocycles. The first kappa shape index (κ1) is 22.5. The van der Waals surface area contributed by atoms with Gasteiger partial charge in [-0.25, -0.2) is 4.79 Å². The monoisotopic (exact) mass is 479 g/mol. The molecule has 5 rings (SSSR count). The first-order valence-corrected chi connectivity index (χ1v) is 11.1. The zero-order valence-electron chi connectivity index (χ0n) is 18.8. The fourth-order valence-electron chi connectivity index (χ4n) is 3.96. The number of nitrogens with zero attached hydrogens (tertiary/aromatic N) is 1. The van der Waals surface area contributed by atoms with E-state index < -0.39 is 24.4 Å². The molecule has 0 unspecified atom stereocenters. The predicted molar refractivity (Wildman–Crippen MR) is 121 cm³/mol. The number of ether oxygens (including phenoxy) is 3. The van der Waals surface area contributed by atoms with Gasteiger partial charge < -0.3 is 23.5 Å². The van der Waals surface area contributed by atoms with Crippen molar-refractivity contribution in [2.75, 3.05) is 19.8 Å². The highest BCUT2D eigenvalue weighted by atomic mass is 16.7. The van der Waals surface area contributed by atoms with Gasteiger partial charge >= 0.3 is 5.97 Å². The summed E-state index contributed by atoms with van der Waals surface area (Å²) < 4.78 is 22.7. The molecule has 3 aromatic rings. The lowest BCUT2D eigenvalue weighted by Gasteiger charge is -2.13. The van der Waals surface area contributed by atoms with Gasteiger partial charge in [-0.2, -0.15) is 0 Å². The Bertz CT molecular complexity index is 1390. The number of carbonyl (C=O) groups excluding carboxylic acids is 3. The minimum absolute atomic E-state index is 0.00424. The van der Waals surface area contributed by atoms with Crippen molar-refractivity contribution in [3.05, 3.63) is 52.4 Å². The van der Waals surface area contributed by atoms with Crippen LogP contribution in [0.5, 0.6) is 17.2 Å². The van der Waals surface area contributed by atoms with Crippen LogP contribution < -0.4 is 19.6 Å². The van der Waals surface area contributed by atoms with Crippen molar-refractivity contribution in [3.8, 4) is 28.4 Å². The fraction of sp³-hybridized carbons (Fsp3) is 0.280. The third kappa shape index (κ3) is 4.42. The lowest BCUT2D eigenvalue weighted by molar-refractivity contribution is -0.198. The van der Waals surface area contributed by atoms with Crippen LogP contribution in [0.15, 0.2) is 45.6 Å². The van der Waals surface area contributed by atoms with Crippen LogP contribution in [0.25, 0.3) is 22.1 Å². The molecule has 0 bridgehead atoms. The molecule has 0 spiro atoms. The van der Waals surface area contributed by atoms with Crippen LogP contribution in [0.1, 0.15) is 25.0 Å². The van der Waals surface area contributed by atoms with Gasteiger partial charge in [-0.05, 0) is 36.8 Å². The molecule has 3 heterocycles. The molecule has 2 amide bonds. The Hall–Kier alpha value is -4.34. The minimum atomic E-state index is -0.906. The number of amides is 2. The number of hydrogen-bond donors (Lipinski definition) is 0. The van der Waals surface area contributed by atoms with Crippen LogP contribution in [-0.2, 0) is 19.2 Å². The average molecular weight is 479 g/mol. The van der Waals surface area contributed by atoms with Gasteiger partial charge in [0.05, 0.1) is 24.2 Å². The normalized spacial score (nSPS) is 15.3. The summed E-state index contributed by atoms with van der Waals surface area (Å²) >= 11 is 0. The molecule has 1 fully saturated rings. The number of rotatable bonds is 5. The molecule has 180 valence electrons. The Kier molecular flexibility index (Phi) is 5.86. The van der Waals surface area contributed by atoms with E-state index in [9.17, 15) is 19.2 Å². The smallest absolute Gasteiger partial charge is 0.370 e. The Balaban J connectivity index is 1.36. The maximum Gasteiger partial charge on any atom is 0.370 e. The summed E-state index contributed by atoms with van der Waals surface area (Å²) in [7, 11) is 0. The summed E-state index contributed by atoms with van der Waals surface area (Å²) in [5.74, 6) is -0.193. The number of hydroxylamine groups is 2. The van der Waals surface area contributed by atoms with E-state index in [1.807, 2.05) is 0 Å². The van der Waals surface area contributed by atoms with Crippen molar-refractivity contribution in [1.29, 1.82) is 0 Å². The number of fused-ring (bicyclic) bond motifs is 2. The number of carbonyl (C=O) groups is 3. The Morgan fingerprint density at radius 2 is 1.71 bits per heavy atom. The summed E-state index contributed by atoms with van der Waals surface area (Å²) in [6.07, 6.45) is 0.784. The van der Waals surface area contributed by atoms with E-state index in [1.54, 1.807) is 31.2 Å². The van der Waals surface area contributed by atoms with E-state index in [1.165, 1.54) is 12.1 Å². The zero-order chi connectivity index (χ0) is 24.5. The van der Waals surface area contributed by atoms with Gasteiger partial charge in [-0.3, -0.25) is 14.4 Å². The summed E-state index contributed by atoms with van der Waals surface area (Å²) in [6, 6.07) is 9.88. The highest BCUT2D eigenvalue weighted by Crippen LogP contribution is 2.35. The Morgan fingerprint density at radius 3 is 2.49 bits per heavy atom. The van der Waals surface area contributed by atoms with Crippen LogP contribution in [0, 0.1) is 6.92 Å². The van der Waals surface area contributed by atoms with Gasteiger partial charge in [0.25, 0.3) is 11.8 Å². The summed E-state index contributed by atoms with van der Waals surface area (Å²) in [6.45, 7) is 2.25. The largest absolute Gasteiger partial charge is 0.490 e. The van der Waals surface area contributed by atoms with Crippen molar-refractivity contribution >= 4 is 28.8 Å². The summed E-state index contributed by atoms with van der Waals surface area (Å²) in [4.78, 5) is 53.2. The van der Waals surface area contributed by atoms with E-state index in [4.69, 9.17) is 23.5 Å². The van der Waals surface area contributed by atoms with E-state index in [0.29, 0.717) is 52.0 Å². The molecule has 35 heavy (non-hydrogen) atoms. The maximum absolute atomic E-state index is 13.3. The zero-order valence-corrected chi connectivity index (χ0v) is 18.8. The van der Waals surface area contributed by atoms with E-state index >= 15 is 0 Å². The topological polar surface area (TPSA) is 122 Å². The molecule has 10 heteroatoms. The lowest BCUT2D eigenvalue weighted by Crippen LogP contribution is -2.33. The molecule has 0 atom stereocenters. The number of aryl methyl sites for hydroxylation is 1. The van der Waals surface area contributed by atoms with E-state index in [2.05, 4.69) is 0 Å². The van der Waals surface area contributed by atoms with Crippen molar-refractivity contribution in [2.45, 2.75) is 26.2 Å². The van der Waals surface area contributed by atoms with Crippen LogP contribution >= 0.6 is 0 Å². The Labute approximate surface area is 198 Å². The van der Waals surface area contributed by atoms with Crippen LogP contribution in [0.2, 0.25) is 0 Å². The Morgan fingerprint density at radius 1 is 0.971 bits per heavy atom. The summed E-state index contributed by atoms with van der Waals surface area (Å²) in [5, 5.41) is 0.788. The lowest BCUT2D eigenvalue weighted by atomic mass is 10.0. The summed E-state index contributed by atoms with van der Waals surface area (Å²) in [5.41, 5.74) is 1.11. The second kappa shape index (κ2) is 9.13. The molecule has 0 N–H and O–H groups in total. The highest BCUT2D eigenvalue weighted by Gasteiger charge is 2.33. The van der Waals surface area contributed by atoms with Crippen molar-refractivity contribution < 1.29 is 37.8 Å². The van der Waals surface area contributed by atoms with Gasteiger partial charge in [0.1, 0.15) is 17.1 Å². The van der Waals surface area contributed by atoms with Crippen molar-refractivity contribution in [2.24, 2.45) is 0 Å². The second-order valence-corrected chi connectivity index (χ2v) is 8.07. The van der Waals surface area contributed by atoms with Gasteiger partial charge in [-0.1, -0.05) is 6.07 Å². The SMILES string of the molecule is Cc1oc2cc(OCC(=O)ON3C(=O)CCC3=O)ccc2c(=O)c1-c1ccc2c(c1)OCCCO2. The molecule has 2 aliphatic heterocycles. The third-order valence-corrected chi connectivity index (χ3v) is 5.63. The molecule has 0 radical (unpaired) electrons. The van der Waals surface area contributed by atoms with Crippen molar-refractivity contribution in [1.82, 2.24) is 5.06 Å². The van der Waals surface area contributed by atoms with Crippen LogP contribution in [-0.4, -0.2) is 42.7 Å². The quantitative estimate of drug-likeness (QED) is 0.509. The standard InChI is InChI=1S/C25H21NO9/c1-14-24(15-3-6-18-20(11-15)32-10-2-9-31-18)25(30)17-5-4-16(12-19(17)34-14)33-13-23(29)35-26-21(27)7-8-22(26)28/h3-6,11-12H,2,7-10,13H2,1H3. The predicted octanol–water partition coefficient (Wildman–Crippen LogP) is 2.92. The molecule has 0 aliphatic carbocycles. The molecule has 2 aliphatic rings. The molecule has 10 nitrogen and oxygen atoms in total. The van der Waals surface area contributed by atoms with Crippen LogP contribution in [0.4, 0.5) is 0 Å². The van der Waals surface area contributed by atoms with E-state index in [-0.39, 0.29) is 29.6 Å². The first-order chi connectivity index (χ1) is 16.9. The molecular weight excluding hydrogens is 458 g/mol.